The molecule has 0 atom stereocenters. The normalized spacial score (nSPS) is 19.3. The Hall–Kier alpha value is -4.35. The molecule has 19 heteroatoms. The van der Waals surface area contributed by atoms with E-state index in [0.29, 0.717) is 48.7 Å². The van der Waals surface area contributed by atoms with Gasteiger partial charge < -0.3 is 34.6 Å². The van der Waals surface area contributed by atoms with Crippen LogP contribution < -0.4 is 10.5 Å². The largest absolute Gasteiger partial charge is 0.481 e. The molecule has 5 saturated heterocycles. The second-order valence-corrected chi connectivity index (χ2v) is 15.5. The van der Waals surface area contributed by atoms with Crippen LogP contribution in [0.1, 0.15) is 70.1 Å². The first-order valence-corrected chi connectivity index (χ1v) is 19.8. The molecule has 312 valence electrons. The summed E-state index contributed by atoms with van der Waals surface area (Å²) in [6, 6.07) is 7.69. The number of nitrogens with zero attached hydrogens (tertiary/aromatic N) is 9. The average Bonchev–Trinajstić information content (AvgIpc) is 4.17. The van der Waals surface area contributed by atoms with Crippen molar-refractivity contribution in [2.24, 2.45) is 22.9 Å². The van der Waals surface area contributed by atoms with Crippen LogP contribution in [0.5, 0.6) is 0 Å². The first kappa shape index (κ1) is 44.7. The second kappa shape index (κ2) is 21.1. The van der Waals surface area contributed by atoms with E-state index in [9.17, 15) is 9.59 Å². The van der Waals surface area contributed by atoms with Gasteiger partial charge in [0, 0.05) is 79.0 Å². The minimum Gasteiger partial charge on any atom is -0.481 e. The highest BCUT2D eigenvalue weighted by molar-refractivity contribution is 6.84. The molecular formula is C39H57B2ClN10O6. The van der Waals surface area contributed by atoms with E-state index >= 15 is 0 Å². The van der Waals surface area contributed by atoms with E-state index in [1.807, 2.05) is 46.3 Å². The Morgan fingerprint density at radius 2 is 1.28 bits per heavy atom. The minimum absolute atomic E-state index is 0. The summed E-state index contributed by atoms with van der Waals surface area (Å²) in [5.41, 5.74) is 9.60. The molecule has 58 heavy (non-hydrogen) atoms. The maximum atomic E-state index is 13.2. The zero-order chi connectivity index (χ0) is 39.0. The summed E-state index contributed by atoms with van der Waals surface area (Å²) in [4.78, 5) is 52.9. The number of nitrogen functional groups attached to an aromatic ring is 1. The molecule has 3 aromatic rings. The number of piperidine rings is 3. The summed E-state index contributed by atoms with van der Waals surface area (Å²) in [6.45, 7) is 7.86. The molecule has 0 saturated carbocycles. The van der Waals surface area contributed by atoms with E-state index in [1.165, 1.54) is 0 Å². The Balaban J connectivity index is 0.000000226. The van der Waals surface area contributed by atoms with Crippen molar-refractivity contribution < 1.29 is 28.8 Å². The highest BCUT2D eigenvalue weighted by Gasteiger charge is 2.51. The number of benzene rings is 1. The van der Waals surface area contributed by atoms with Gasteiger partial charge >= 0.3 is 20.1 Å². The molecule has 5 fully saturated rings. The molecule has 0 unspecified atom stereocenters. The van der Waals surface area contributed by atoms with E-state index in [-0.39, 0.29) is 46.7 Å². The lowest BCUT2D eigenvalue weighted by atomic mass is 9.77. The van der Waals surface area contributed by atoms with Crippen molar-refractivity contribution in [3.63, 3.8) is 0 Å². The van der Waals surface area contributed by atoms with Crippen LogP contribution in [0, 0.1) is 17.8 Å². The molecule has 0 bridgehead atoms. The lowest BCUT2D eigenvalue weighted by Gasteiger charge is -2.37. The third-order valence-corrected chi connectivity index (χ3v) is 11.4. The number of amides is 1. The summed E-state index contributed by atoms with van der Waals surface area (Å²) in [6.07, 6.45) is 12.2. The standard InChI is InChI=1S/C24H31ClN6O2.C13H18B2N4O4.2CH4/c1-33-29-22(18-2-4-21(25)5-3-18)19-8-12-31(13-9-19)23(32)20-6-10-30(11-7-20)16-17-14-27-24(26)28-15-17;20-12(21)11-1-3-18(4-2-11)7-10-5-16-13(17-6-10)19(14-8-22-14)15-9-23-15;;/h2-5,14-15,19-20H,6-13,16H2,1H3,(H2,26,27,28);5-6,11H,1-4,7-9H2,(H,20,21);2*1H4. The van der Waals surface area contributed by atoms with Crippen molar-refractivity contribution >= 4 is 55.2 Å². The van der Waals surface area contributed by atoms with Gasteiger partial charge in [-0.15, -0.1) is 0 Å². The van der Waals surface area contributed by atoms with E-state index in [4.69, 9.17) is 36.6 Å². The number of carbonyl (C=O) groups is 2. The number of carbonyl (C=O) groups excluding carboxylic acids is 1. The number of halogens is 1. The number of likely N-dealkylation sites (tertiary alicyclic amines) is 3. The van der Waals surface area contributed by atoms with Crippen molar-refractivity contribution in [1.29, 1.82) is 0 Å². The van der Waals surface area contributed by atoms with Crippen molar-refractivity contribution in [3.8, 4) is 0 Å². The van der Waals surface area contributed by atoms with Crippen LogP contribution in [-0.4, -0.2) is 131 Å². The van der Waals surface area contributed by atoms with Gasteiger partial charge in [0.05, 0.1) is 24.6 Å². The highest BCUT2D eigenvalue weighted by atomic mass is 35.5. The number of anilines is 2. The number of hydrogen-bond donors (Lipinski definition) is 2. The Kier molecular flexibility index (Phi) is 16.3. The molecular weight excluding hydrogens is 762 g/mol. The summed E-state index contributed by atoms with van der Waals surface area (Å²) >= 11 is 6.03. The first-order valence-electron chi connectivity index (χ1n) is 19.5. The molecule has 5 aliphatic heterocycles. The first-order chi connectivity index (χ1) is 27.2. The predicted molar refractivity (Wildman–Crippen MR) is 226 cm³/mol. The predicted octanol–water partition coefficient (Wildman–Crippen LogP) is 4.18. The molecule has 1 aromatic carbocycles. The van der Waals surface area contributed by atoms with Gasteiger partial charge in [0.15, 0.2) is 0 Å². The van der Waals surface area contributed by atoms with Gasteiger partial charge in [-0.2, -0.15) is 0 Å². The summed E-state index contributed by atoms with van der Waals surface area (Å²) in [5, 5.41) is 14.0. The highest BCUT2D eigenvalue weighted by Crippen LogP contribution is 2.28. The van der Waals surface area contributed by atoms with E-state index in [1.54, 1.807) is 19.5 Å². The summed E-state index contributed by atoms with van der Waals surface area (Å²) in [7, 11) is 1.66. The molecule has 7 heterocycles. The van der Waals surface area contributed by atoms with Gasteiger partial charge in [0.2, 0.25) is 17.8 Å². The number of aliphatic carboxylic acids is 1. The number of oxime groups is 1. The van der Waals surface area contributed by atoms with Crippen LogP contribution >= 0.6 is 11.6 Å². The number of nitrogens with two attached hydrogens (primary N) is 1. The zero-order valence-electron chi connectivity index (χ0n) is 31.8. The molecule has 5 aliphatic rings. The molecule has 8 rings (SSSR count). The van der Waals surface area contributed by atoms with Gasteiger partial charge in [0.1, 0.15) is 7.11 Å². The summed E-state index contributed by atoms with van der Waals surface area (Å²) < 4.78 is 12.6. The molecule has 2 aromatic heterocycles. The average molecular weight is 819 g/mol. The molecule has 0 aliphatic carbocycles. The Morgan fingerprint density at radius 3 is 1.74 bits per heavy atom. The number of carboxylic acid groups (broad SMARTS) is 1. The van der Waals surface area contributed by atoms with Crippen LogP contribution in [0.2, 0.25) is 5.02 Å². The van der Waals surface area contributed by atoms with Gasteiger partial charge in [0.25, 0.3) is 0 Å². The summed E-state index contributed by atoms with van der Waals surface area (Å²) in [5.74, 6) is 0.713. The second-order valence-electron chi connectivity index (χ2n) is 15.0. The van der Waals surface area contributed by atoms with Gasteiger partial charge in [-0.05, 0) is 82.4 Å². The van der Waals surface area contributed by atoms with E-state index in [0.717, 1.165) is 100 Å². The SMILES string of the molecule is C.C.CON=C(c1ccc(Cl)cc1)C1CCN(C(=O)C2CCN(Cc3cnc(N)nc3)CC2)CC1.O=C(O)C1CCN(Cc2cnc(N(B3CO3)B3CO3)nc2)CC1. The van der Waals surface area contributed by atoms with Crippen molar-refractivity contribution in [2.45, 2.75) is 66.5 Å². The third kappa shape index (κ3) is 12.1. The fourth-order valence-corrected chi connectivity index (χ4v) is 7.89. The Labute approximate surface area is 347 Å². The van der Waals surface area contributed by atoms with E-state index < -0.39 is 5.97 Å². The van der Waals surface area contributed by atoms with Crippen molar-refractivity contribution in [1.82, 2.24) is 34.6 Å². The molecule has 1 amide bonds. The van der Waals surface area contributed by atoms with Crippen LogP contribution in [0.3, 0.4) is 0 Å². The quantitative estimate of drug-likeness (QED) is 0.115. The number of aromatic nitrogens is 4. The molecule has 3 N–H and O–H groups in total. The van der Waals surface area contributed by atoms with Gasteiger partial charge in [-0.25, -0.2) is 19.9 Å². The lowest BCUT2D eigenvalue weighted by molar-refractivity contribution is -0.143. The van der Waals surface area contributed by atoms with Crippen molar-refractivity contribution in [3.05, 3.63) is 70.8 Å². The lowest BCUT2D eigenvalue weighted by Crippen LogP contribution is -2.46. The minimum atomic E-state index is -0.679. The maximum Gasteiger partial charge on any atom is 0.432 e. The van der Waals surface area contributed by atoms with E-state index in [2.05, 4.69) is 34.9 Å². The fourth-order valence-electron chi connectivity index (χ4n) is 7.77. The Morgan fingerprint density at radius 1 is 0.810 bits per heavy atom. The number of rotatable bonds is 12. The smallest absolute Gasteiger partial charge is 0.432 e. The monoisotopic (exact) mass is 818 g/mol. The fraction of sp³-hybridized carbons (Fsp3) is 0.564. The molecule has 16 nitrogen and oxygen atoms in total. The number of carboxylic acids is 1. The van der Waals surface area contributed by atoms with Gasteiger partial charge in [-0.1, -0.05) is 43.7 Å². The van der Waals surface area contributed by atoms with Crippen LogP contribution in [-0.2, 0) is 36.8 Å². The van der Waals surface area contributed by atoms with Gasteiger partial charge in [-0.3, -0.25) is 19.4 Å². The zero-order valence-corrected chi connectivity index (χ0v) is 32.5. The maximum absolute atomic E-state index is 13.2. The topological polar surface area (TPSA) is 192 Å². The van der Waals surface area contributed by atoms with Crippen LogP contribution in [0.15, 0.2) is 54.2 Å². The Bertz CT molecular complexity index is 1770. The van der Waals surface area contributed by atoms with Crippen molar-refractivity contribution in [2.75, 3.05) is 69.8 Å². The van der Waals surface area contributed by atoms with Crippen LogP contribution in [0.4, 0.5) is 11.9 Å². The molecule has 0 radical (unpaired) electrons. The van der Waals surface area contributed by atoms with Crippen LogP contribution in [0.25, 0.3) is 0 Å². The number of hydrogen-bond acceptors (Lipinski definition) is 14. The third-order valence-electron chi connectivity index (χ3n) is 11.1. The molecule has 0 spiro atoms.